The van der Waals surface area contributed by atoms with Crippen LogP contribution in [0.4, 0.5) is 5.69 Å². The highest BCUT2D eigenvalue weighted by Gasteiger charge is 2.46. The van der Waals surface area contributed by atoms with Crippen LogP contribution in [0.5, 0.6) is 0 Å². The van der Waals surface area contributed by atoms with Gasteiger partial charge in [-0.15, -0.1) is 0 Å². The number of nitro benzene ring substituents is 1. The zero-order valence-electron chi connectivity index (χ0n) is 17.3. The second-order valence-corrected chi connectivity index (χ2v) is 8.33. The lowest BCUT2D eigenvalue weighted by Crippen LogP contribution is -2.31. The number of benzene rings is 2. The summed E-state index contributed by atoms with van der Waals surface area (Å²) < 4.78 is 2.56. The Balaban J connectivity index is 1.74. The number of nitrogens with zero attached hydrogens (tertiary/aromatic N) is 4. The molecule has 4 rings (SSSR count). The summed E-state index contributed by atoms with van der Waals surface area (Å²) in [6, 6.07) is 11.6. The van der Waals surface area contributed by atoms with E-state index in [0.29, 0.717) is 23.0 Å². The van der Waals surface area contributed by atoms with Gasteiger partial charge in [-0.25, -0.2) is 4.98 Å². The van der Waals surface area contributed by atoms with Crippen LogP contribution in [-0.2, 0) is 16.1 Å². The first-order valence-electron chi connectivity index (χ1n) is 10.1. The lowest BCUT2D eigenvalue weighted by atomic mass is 9.95. The van der Waals surface area contributed by atoms with Gasteiger partial charge in [0, 0.05) is 47.7 Å². The van der Waals surface area contributed by atoms with E-state index >= 15 is 0 Å². The molecule has 1 N–H and O–H groups in total. The third-order valence-corrected chi connectivity index (χ3v) is 6.19. The molecular formula is C23H19BrN4O5. The summed E-state index contributed by atoms with van der Waals surface area (Å²) in [7, 11) is 0. The summed E-state index contributed by atoms with van der Waals surface area (Å²) in [4.78, 5) is 41.9. The van der Waals surface area contributed by atoms with Crippen LogP contribution in [-0.4, -0.2) is 42.7 Å². The summed E-state index contributed by atoms with van der Waals surface area (Å²) in [6.07, 6.45) is 5.72. The van der Waals surface area contributed by atoms with E-state index in [1.807, 2.05) is 16.8 Å². The second-order valence-electron chi connectivity index (χ2n) is 7.47. The van der Waals surface area contributed by atoms with Crippen LogP contribution in [0.15, 0.2) is 77.3 Å². The molecule has 0 radical (unpaired) electrons. The number of aliphatic hydroxyl groups excluding tert-OH is 1. The monoisotopic (exact) mass is 510 g/mol. The summed E-state index contributed by atoms with van der Waals surface area (Å²) in [6.45, 7) is 0.889. The van der Waals surface area contributed by atoms with Crippen molar-refractivity contribution in [2.45, 2.75) is 19.0 Å². The van der Waals surface area contributed by atoms with Gasteiger partial charge in [0.1, 0.15) is 5.76 Å². The van der Waals surface area contributed by atoms with Crippen LogP contribution < -0.4 is 0 Å². The maximum Gasteiger partial charge on any atom is 0.295 e. The number of carbonyl (C=O) groups is 2. The minimum atomic E-state index is -0.807. The molecule has 1 aliphatic heterocycles. The largest absolute Gasteiger partial charge is 0.507 e. The Labute approximate surface area is 197 Å². The van der Waals surface area contributed by atoms with Crippen LogP contribution >= 0.6 is 15.9 Å². The number of carbonyl (C=O) groups excluding carboxylic acids is 2. The van der Waals surface area contributed by atoms with Crippen molar-refractivity contribution in [1.29, 1.82) is 0 Å². The van der Waals surface area contributed by atoms with Crippen LogP contribution in [0, 0.1) is 10.1 Å². The van der Waals surface area contributed by atoms with E-state index in [1.165, 1.54) is 29.2 Å². The lowest BCUT2D eigenvalue weighted by Gasteiger charge is -2.26. The molecule has 168 valence electrons. The van der Waals surface area contributed by atoms with Gasteiger partial charge >= 0.3 is 0 Å². The number of likely N-dealkylation sites (tertiary alicyclic amines) is 1. The minimum absolute atomic E-state index is 0.0524. The SMILES string of the molecule is O=C1C(=O)N(CCCn2ccnc2)C(c2ccccc2Br)C1=C(O)c1ccc([N+](=O)[O-])cc1. The summed E-state index contributed by atoms with van der Waals surface area (Å²) >= 11 is 3.49. The quantitative estimate of drug-likeness (QED) is 0.168. The number of imidazole rings is 1. The Morgan fingerprint density at radius 1 is 1.12 bits per heavy atom. The average Bonchev–Trinajstić information content (AvgIpc) is 3.41. The number of amides is 1. The van der Waals surface area contributed by atoms with E-state index in [-0.39, 0.29) is 29.1 Å². The van der Waals surface area contributed by atoms with Gasteiger partial charge in [-0.05, 0) is 30.2 Å². The van der Waals surface area contributed by atoms with Gasteiger partial charge in [0.25, 0.3) is 17.4 Å². The number of nitro groups is 1. The fourth-order valence-corrected chi connectivity index (χ4v) is 4.37. The van der Waals surface area contributed by atoms with Crippen molar-refractivity contribution in [3.05, 3.63) is 98.5 Å². The van der Waals surface area contributed by atoms with Crippen molar-refractivity contribution in [2.75, 3.05) is 6.54 Å². The van der Waals surface area contributed by atoms with E-state index in [4.69, 9.17) is 0 Å². The number of non-ortho nitro benzene ring substituents is 1. The molecule has 0 aliphatic carbocycles. The van der Waals surface area contributed by atoms with E-state index < -0.39 is 22.7 Å². The predicted molar refractivity (Wildman–Crippen MR) is 123 cm³/mol. The van der Waals surface area contributed by atoms with Crippen LogP contribution in [0.3, 0.4) is 0 Å². The van der Waals surface area contributed by atoms with Crippen LogP contribution in [0.2, 0.25) is 0 Å². The zero-order chi connectivity index (χ0) is 23.5. The third kappa shape index (κ3) is 4.42. The van der Waals surface area contributed by atoms with Gasteiger partial charge in [-0.2, -0.15) is 0 Å². The number of Topliss-reactive ketones (excluding diaryl/α,β-unsaturated/α-hetero) is 1. The van der Waals surface area contributed by atoms with Crippen LogP contribution in [0.25, 0.3) is 5.76 Å². The number of hydrogen-bond acceptors (Lipinski definition) is 6. The number of ketones is 1. The smallest absolute Gasteiger partial charge is 0.295 e. The van der Waals surface area contributed by atoms with Crippen LogP contribution in [0.1, 0.15) is 23.6 Å². The normalized spacial score (nSPS) is 17.5. The molecule has 2 heterocycles. The Kier molecular flexibility index (Phi) is 6.36. The summed E-state index contributed by atoms with van der Waals surface area (Å²) in [5.74, 6) is -1.87. The lowest BCUT2D eigenvalue weighted by molar-refractivity contribution is -0.384. The van der Waals surface area contributed by atoms with E-state index in [0.717, 1.165) is 0 Å². The third-order valence-electron chi connectivity index (χ3n) is 5.47. The molecule has 0 saturated carbocycles. The molecule has 1 unspecified atom stereocenters. The molecule has 1 saturated heterocycles. The molecule has 1 atom stereocenters. The maximum absolute atomic E-state index is 13.0. The number of hydrogen-bond donors (Lipinski definition) is 1. The van der Waals surface area contributed by atoms with E-state index in [1.54, 1.807) is 30.7 Å². The maximum atomic E-state index is 13.0. The van der Waals surface area contributed by atoms with Crippen molar-refractivity contribution < 1.29 is 19.6 Å². The highest BCUT2D eigenvalue weighted by molar-refractivity contribution is 9.10. The Morgan fingerprint density at radius 3 is 2.48 bits per heavy atom. The first kappa shape index (κ1) is 22.4. The highest BCUT2D eigenvalue weighted by Crippen LogP contribution is 2.42. The van der Waals surface area contributed by atoms with E-state index in [2.05, 4.69) is 20.9 Å². The van der Waals surface area contributed by atoms with Crippen molar-refractivity contribution in [3.63, 3.8) is 0 Å². The Morgan fingerprint density at radius 2 is 1.85 bits per heavy atom. The molecule has 2 aromatic carbocycles. The molecule has 0 bridgehead atoms. The number of aromatic nitrogens is 2. The topological polar surface area (TPSA) is 119 Å². The van der Waals surface area contributed by atoms with Gasteiger partial charge < -0.3 is 14.6 Å². The molecule has 9 nitrogen and oxygen atoms in total. The van der Waals surface area contributed by atoms with Gasteiger partial charge in [0.15, 0.2) is 0 Å². The highest BCUT2D eigenvalue weighted by atomic mass is 79.9. The molecular weight excluding hydrogens is 492 g/mol. The fourth-order valence-electron chi connectivity index (χ4n) is 3.87. The summed E-state index contributed by atoms with van der Waals surface area (Å²) in [5.41, 5.74) is 0.675. The van der Waals surface area contributed by atoms with Crippen molar-refractivity contribution in [1.82, 2.24) is 14.5 Å². The fraction of sp³-hybridized carbons (Fsp3) is 0.174. The van der Waals surface area contributed by atoms with Gasteiger partial charge in [-0.1, -0.05) is 34.1 Å². The first-order chi connectivity index (χ1) is 15.9. The predicted octanol–water partition coefficient (Wildman–Crippen LogP) is 4.07. The second kappa shape index (κ2) is 9.37. The number of aliphatic hydroxyl groups is 1. The Hall–Kier alpha value is -3.79. The molecule has 3 aromatic rings. The van der Waals surface area contributed by atoms with Gasteiger partial charge in [0.2, 0.25) is 0 Å². The van der Waals surface area contributed by atoms with Gasteiger partial charge in [0.05, 0.1) is 22.9 Å². The van der Waals surface area contributed by atoms with E-state index in [9.17, 15) is 24.8 Å². The molecule has 1 amide bonds. The molecule has 33 heavy (non-hydrogen) atoms. The van der Waals surface area contributed by atoms with Crippen molar-refractivity contribution in [3.8, 4) is 0 Å². The van der Waals surface area contributed by atoms with Crippen molar-refractivity contribution in [2.24, 2.45) is 0 Å². The number of aryl methyl sites for hydroxylation is 1. The minimum Gasteiger partial charge on any atom is -0.507 e. The van der Waals surface area contributed by atoms with Gasteiger partial charge in [-0.3, -0.25) is 19.7 Å². The molecule has 1 aliphatic rings. The summed E-state index contributed by atoms with van der Waals surface area (Å²) in [5, 5.41) is 22.0. The molecule has 1 fully saturated rings. The molecule has 10 heteroatoms. The first-order valence-corrected chi connectivity index (χ1v) is 10.9. The zero-order valence-corrected chi connectivity index (χ0v) is 18.9. The van der Waals surface area contributed by atoms with Crippen molar-refractivity contribution >= 4 is 39.1 Å². The standard InChI is InChI=1S/C23H19BrN4O5/c24-18-5-2-1-4-17(18)20-19(21(29)15-6-8-16(9-7-15)28(32)33)22(30)23(31)27(20)12-3-11-26-13-10-25-14-26/h1-2,4-10,13-14,20,29H,3,11-12H2. The Bertz CT molecular complexity index is 1240. The average molecular weight is 511 g/mol. The number of halogens is 1. The molecule has 1 aromatic heterocycles. The molecule has 0 spiro atoms. The number of rotatable bonds is 7.